The summed E-state index contributed by atoms with van der Waals surface area (Å²) in [5.41, 5.74) is 1.22. The van der Waals surface area contributed by atoms with Crippen LogP contribution in [0.15, 0.2) is 30.3 Å². The molecule has 0 aliphatic carbocycles. The molecule has 2 N–H and O–H groups in total. The Labute approximate surface area is 120 Å². The predicted octanol–water partition coefficient (Wildman–Crippen LogP) is 0.618. The zero-order valence-corrected chi connectivity index (χ0v) is 12.0. The van der Waals surface area contributed by atoms with Crippen molar-refractivity contribution in [3.8, 4) is 0 Å². The van der Waals surface area contributed by atoms with Crippen molar-refractivity contribution in [2.45, 2.75) is 12.5 Å². The van der Waals surface area contributed by atoms with E-state index in [0.29, 0.717) is 19.6 Å². The number of para-hydroxylation sites is 1. The highest BCUT2D eigenvalue weighted by Crippen LogP contribution is 2.15. The van der Waals surface area contributed by atoms with Crippen molar-refractivity contribution in [1.29, 1.82) is 0 Å². The number of nitrogens with one attached hydrogen (secondary N) is 2. The van der Waals surface area contributed by atoms with Gasteiger partial charge < -0.3 is 20.3 Å². The van der Waals surface area contributed by atoms with Gasteiger partial charge in [-0.2, -0.15) is 0 Å². The van der Waals surface area contributed by atoms with Gasteiger partial charge in [0.25, 0.3) is 0 Å². The summed E-state index contributed by atoms with van der Waals surface area (Å²) in [4.78, 5) is 14.1. The number of anilines is 1. The molecule has 0 radical (unpaired) electrons. The second kappa shape index (κ2) is 7.87. The maximum Gasteiger partial charge on any atom is 0.221 e. The molecule has 5 nitrogen and oxygen atoms in total. The Kier molecular flexibility index (Phi) is 5.83. The first-order chi connectivity index (χ1) is 9.79. The highest BCUT2D eigenvalue weighted by Gasteiger charge is 2.21. The fourth-order valence-corrected chi connectivity index (χ4v) is 2.42. The number of carbonyl (C=O) groups is 1. The molecule has 110 valence electrons. The molecule has 1 fully saturated rings. The minimum atomic E-state index is 0.0782. The first kappa shape index (κ1) is 14.8. The molecule has 20 heavy (non-hydrogen) atoms. The van der Waals surface area contributed by atoms with Crippen LogP contribution in [-0.2, 0) is 9.53 Å². The van der Waals surface area contributed by atoms with Crippen molar-refractivity contribution >= 4 is 11.6 Å². The molecule has 5 heteroatoms. The third-order valence-electron chi connectivity index (χ3n) is 3.44. The number of nitrogens with zero attached hydrogens (tertiary/aromatic N) is 1. The van der Waals surface area contributed by atoms with Crippen LogP contribution in [-0.4, -0.2) is 51.8 Å². The second-order valence-electron chi connectivity index (χ2n) is 4.98. The van der Waals surface area contributed by atoms with Crippen molar-refractivity contribution in [1.82, 2.24) is 10.6 Å². The zero-order valence-electron chi connectivity index (χ0n) is 12.0. The smallest absolute Gasteiger partial charge is 0.221 e. The lowest BCUT2D eigenvalue weighted by Gasteiger charge is -2.35. The number of benzene rings is 1. The topological polar surface area (TPSA) is 53.6 Å². The van der Waals surface area contributed by atoms with Crippen LogP contribution in [0, 0.1) is 0 Å². The van der Waals surface area contributed by atoms with E-state index in [4.69, 9.17) is 4.74 Å². The minimum Gasteiger partial charge on any atom is -0.383 e. The van der Waals surface area contributed by atoms with E-state index in [1.807, 2.05) is 18.2 Å². The average Bonchev–Trinajstić information content (AvgIpc) is 2.49. The molecule has 1 atom stereocenters. The Balaban J connectivity index is 1.80. The summed E-state index contributed by atoms with van der Waals surface area (Å²) in [6.45, 7) is 3.88. The third-order valence-corrected chi connectivity index (χ3v) is 3.44. The number of rotatable bonds is 6. The summed E-state index contributed by atoms with van der Waals surface area (Å²) in [5, 5.41) is 6.27. The van der Waals surface area contributed by atoms with E-state index in [0.717, 1.165) is 19.6 Å². The highest BCUT2D eigenvalue weighted by atomic mass is 16.5. The van der Waals surface area contributed by atoms with Crippen LogP contribution in [0.25, 0.3) is 0 Å². The number of hydrogen-bond donors (Lipinski definition) is 2. The lowest BCUT2D eigenvalue weighted by molar-refractivity contribution is -0.121. The van der Waals surface area contributed by atoms with Gasteiger partial charge in [-0.3, -0.25) is 4.79 Å². The van der Waals surface area contributed by atoms with E-state index in [2.05, 4.69) is 27.7 Å². The lowest BCUT2D eigenvalue weighted by atomic mass is 10.1. The van der Waals surface area contributed by atoms with Gasteiger partial charge in [0.1, 0.15) is 0 Å². The Bertz CT molecular complexity index is 411. The number of ether oxygens (including phenoxy) is 1. The van der Waals surface area contributed by atoms with Crippen molar-refractivity contribution in [2.24, 2.45) is 0 Å². The molecule has 0 aromatic heterocycles. The normalized spacial score (nSPS) is 18.9. The Hall–Kier alpha value is -1.59. The molecule has 1 aliphatic heterocycles. The molecule has 1 aromatic rings. The first-order valence-electron chi connectivity index (χ1n) is 7.08. The van der Waals surface area contributed by atoms with Crippen LogP contribution in [0.5, 0.6) is 0 Å². The van der Waals surface area contributed by atoms with E-state index in [1.165, 1.54) is 5.69 Å². The standard InChI is InChI=1S/C15H23N3O2/c1-20-10-8-17-15(19)11-13-12-18(9-7-16-13)14-5-3-2-4-6-14/h2-6,13,16H,7-12H2,1H3,(H,17,19). The molecule has 1 saturated heterocycles. The quantitative estimate of drug-likeness (QED) is 0.748. The molecule has 2 rings (SSSR count). The van der Waals surface area contributed by atoms with Crippen molar-refractivity contribution in [3.05, 3.63) is 30.3 Å². The van der Waals surface area contributed by atoms with Gasteiger partial charge in [-0.25, -0.2) is 0 Å². The van der Waals surface area contributed by atoms with Gasteiger partial charge in [0.15, 0.2) is 0 Å². The van der Waals surface area contributed by atoms with Crippen LogP contribution < -0.4 is 15.5 Å². The van der Waals surface area contributed by atoms with Gasteiger partial charge in [0.05, 0.1) is 6.61 Å². The number of amides is 1. The predicted molar refractivity (Wildman–Crippen MR) is 79.9 cm³/mol. The van der Waals surface area contributed by atoms with E-state index in [1.54, 1.807) is 7.11 Å². The Morgan fingerprint density at radius 1 is 1.45 bits per heavy atom. The molecule has 1 aliphatic rings. The van der Waals surface area contributed by atoms with Crippen LogP contribution in [0.4, 0.5) is 5.69 Å². The molecule has 1 unspecified atom stereocenters. The van der Waals surface area contributed by atoms with Crippen molar-refractivity contribution in [3.63, 3.8) is 0 Å². The van der Waals surface area contributed by atoms with Gasteiger partial charge in [-0.05, 0) is 12.1 Å². The molecule has 0 spiro atoms. The van der Waals surface area contributed by atoms with Gasteiger partial charge in [-0.1, -0.05) is 18.2 Å². The van der Waals surface area contributed by atoms with Gasteiger partial charge >= 0.3 is 0 Å². The number of piperazine rings is 1. The molecule has 0 bridgehead atoms. The average molecular weight is 277 g/mol. The fourth-order valence-electron chi connectivity index (χ4n) is 2.42. The van der Waals surface area contributed by atoms with E-state index < -0.39 is 0 Å². The van der Waals surface area contributed by atoms with Crippen LogP contribution in [0.2, 0.25) is 0 Å². The molecule has 1 amide bonds. The summed E-state index contributed by atoms with van der Waals surface area (Å²) in [6.07, 6.45) is 0.507. The molecule has 1 aromatic carbocycles. The first-order valence-corrected chi connectivity index (χ1v) is 7.08. The highest BCUT2D eigenvalue weighted by molar-refractivity contribution is 5.76. The maximum atomic E-state index is 11.8. The van der Waals surface area contributed by atoms with Crippen LogP contribution >= 0.6 is 0 Å². The van der Waals surface area contributed by atoms with Crippen molar-refractivity contribution in [2.75, 3.05) is 44.8 Å². The van der Waals surface area contributed by atoms with E-state index in [9.17, 15) is 4.79 Å². The Morgan fingerprint density at radius 2 is 2.25 bits per heavy atom. The number of hydrogen-bond acceptors (Lipinski definition) is 4. The summed E-state index contributed by atoms with van der Waals surface area (Å²) >= 11 is 0. The Morgan fingerprint density at radius 3 is 3.00 bits per heavy atom. The summed E-state index contributed by atoms with van der Waals surface area (Å²) in [7, 11) is 1.63. The van der Waals surface area contributed by atoms with Gasteiger partial charge in [0.2, 0.25) is 5.91 Å². The summed E-state index contributed by atoms with van der Waals surface area (Å²) in [6, 6.07) is 10.5. The molecule has 1 heterocycles. The molecular weight excluding hydrogens is 254 g/mol. The molecular formula is C15H23N3O2. The van der Waals surface area contributed by atoms with E-state index in [-0.39, 0.29) is 11.9 Å². The van der Waals surface area contributed by atoms with Gasteiger partial charge in [0, 0.05) is 51.4 Å². The van der Waals surface area contributed by atoms with Crippen LogP contribution in [0.3, 0.4) is 0 Å². The minimum absolute atomic E-state index is 0.0782. The van der Waals surface area contributed by atoms with Gasteiger partial charge in [-0.15, -0.1) is 0 Å². The number of carbonyl (C=O) groups excluding carboxylic acids is 1. The van der Waals surface area contributed by atoms with Crippen molar-refractivity contribution < 1.29 is 9.53 Å². The zero-order chi connectivity index (χ0) is 14.2. The molecule has 0 saturated carbocycles. The summed E-state index contributed by atoms with van der Waals surface area (Å²) in [5.74, 6) is 0.0782. The largest absolute Gasteiger partial charge is 0.383 e. The monoisotopic (exact) mass is 277 g/mol. The lowest BCUT2D eigenvalue weighted by Crippen LogP contribution is -2.52. The fraction of sp³-hybridized carbons (Fsp3) is 0.533. The number of methoxy groups -OCH3 is 1. The summed E-state index contributed by atoms with van der Waals surface area (Å²) < 4.78 is 4.92. The third kappa shape index (κ3) is 4.51. The van der Waals surface area contributed by atoms with Crippen LogP contribution in [0.1, 0.15) is 6.42 Å². The van der Waals surface area contributed by atoms with E-state index >= 15 is 0 Å². The maximum absolute atomic E-state index is 11.8. The second-order valence-corrected chi connectivity index (χ2v) is 4.98. The SMILES string of the molecule is COCCNC(=O)CC1CN(c2ccccc2)CCN1.